The predicted molar refractivity (Wildman–Crippen MR) is 108 cm³/mol. The van der Waals surface area contributed by atoms with Crippen molar-refractivity contribution in [2.24, 2.45) is 5.73 Å². The van der Waals surface area contributed by atoms with Gasteiger partial charge >= 0.3 is 6.18 Å². The van der Waals surface area contributed by atoms with Gasteiger partial charge in [0.1, 0.15) is 5.69 Å². The number of halogens is 3. The molecule has 32 heavy (non-hydrogen) atoms. The van der Waals surface area contributed by atoms with Crippen LogP contribution in [-0.4, -0.2) is 35.9 Å². The van der Waals surface area contributed by atoms with Crippen LogP contribution in [0, 0.1) is 6.92 Å². The second kappa shape index (κ2) is 8.23. The number of anilines is 1. The highest BCUT2D eigenvalue weighted by Crippen LogP contribution is 2.28. The van der Waals surface area contributed by atoms with Crippen LogP contribution >= 0.6 is 0 Å². The van der Waals surface area contributed by atoms with Gasteiger partial charge in [-0.25, -0.2) is 4.68 Å². The molecule has 0 saturated heterocycles. The topological polar surface area (TPSA) is 117 Å². The van der Waals surface area contributed by atoms with Crippen molar-refractivity contribution in [3.8, 4) is 11.4 Å². The first kappa shape index (κ1) is 21.2. The number of nitrogens with zero attached hydrogens (tertiary/aromatic N) is 6. The molecular formula is C20H17F3N8O. The summed E-state index contributed by atoms with van der Waals surface area (Å²) >= 11 is 0. The van der Waals surface area contributed by atoms with Crippen LogP contribution in [0.25, 0.3) is 11.4 Å². The molecule has 0 atom stereocenters. The standard InChI is InChI=1S/C20H17F3N8O/c1-12-9-17(30(27-12)16-4-2-3-13(10-16)11-24)18(32)25-14-5-7-15(8-6-14)31-19(20(21,22)23)26-28-29-31/h2-10H,11,24H2,1H3,(H,25,32). The number of benzene rings is 2. The Morgan fingerprint density at radius 1 is 1.06 bits per heavy atom. The average Bonchev–Trinajstić information content (AvgIpc) is 3.41. The molecule has 0 aliphatic carbocycles. The first-order valence-corrected chi connectivity index (χ1v) is 9.39. The van der Waals surface area contributed by atoms with E-state index in [0.717, 1.165) is 5.56 Å². The maximum absolute atomic E-state index is 13.0. The van der Waals surface area contributed by atoms with Crippen molar-refractivity contribution in [1.82, 2.24) is 30.0 Å². The summed E-state index contributed by atoms with van der Waals surface area (Å²) in [6.07, 6.45) is -4.70. The van der Waals surface area contributed by atoms with Gasteiger partial charge in [0.15, 0.2) is 0 Å². The number of hydrogen-bond acceptors (Lipinski definition) is 6. The Kier molecular flexibility index (Phi) is 5.45. The molecule has 164 valence electrons. The zero-order valence-corrected chi connectivity index (χ0v) is 16.7. The fraction of sp³-hybridized carbons (Fsp3) is 0.150. The van der Waals surface area contributed by atoms with E-state index in [1.165, 1.54) is 28.9 Å². The Balaban J connectivity index is 1.58. The summed E-state index contributed by atoms with van der Waals surface area (Å²) in [5.41, 5.74) is 8.67. The Morgan fingerprint density at radius 3 is 2.50 bits per heavy atom. The van der Waals surface area contributed by atoms with Crippen LogP contribution in [0.2, 0.25) is 0 Å². The summed E-state index contributed by atoms with van der Waals surface area (Å²) in [4.78, 5) is 12.9. The Bertz CT molecular complexity index is 1260. The molecule has 4 rings (SSSR count). The number of tetrazole rings is 1. The minimum Gasteiger partial charge on any atom is -0.326 e. The van der Waals surface area contributed by atoms with Crippen molar-refractivity contribution < 1.29 is 18.0 Å². The van der Waals surface area contributed by atoms with E-state index in [9.17, 15) is 18.0 Å². The first-order valence-electron chi connectivity index (χ1n) is 9.39. The van der Waals surface area contributed by atoms with E-state index in [1.54, 1.807) is 13.0 Å². The highest BCUT2D eigenvalue weighted by molar-refractivity contribution is 6.03. The fourth-order valence-corrected chi connectivity index (χ4v) is 3.09. The van der Waals surface area contributed by atoms with Gasteiger partial charge < -0.3 is 11.1 Å². The van der Waals surface area contributed by atoms with Crippen LogP contribution < -0.4 is 11.1 Å². The van der Waals surface area contributed by atoms with Gasteiger partial charge in [-0.3, -0.25) is 4.79 Å². The molecule has 2 heterocycles. The lowest BCUT2D eigenvalue weighted by molar-refractivity contribution is -0.146. The summed E-state index contributed by atoms with van der Waals surface area (Å²) in [6.45, 7) is 2.11. The lowest BCUT2D eigenvalue weighted by Crippen LogP contribution is -2.17. The molecule has 2 aromatic carbocycles. The van der Waals surface area contributed by atoms with Crippen molar-refractivity contribution in [3.63, 3.8) is 0 Å². The molecule has 0 bridgehead atoms. The Hall–Kier alpha value is -4.06. The second-order valence-corrected chi connectivity index (χ2v) is 6.87. The van der Waals surface area contributed by atoms with Crippen LogP contribution in [0.3, 0.4) is 0 Å². The molecule has 2 aromatic heterocycles. The maximum atomic E-state index is 13.0. The largest absolute Gasteiger partial charge is 0.453 e. The van der Waals surface area contributed by atoms with Crippen LogP contribution in [0.15, 0.2) is 54.6 Å². The molecule has 0 spiro atoms. The number of aryl methyl sites for hydroxylation is 1. The number of alkyl halides is 3. The fourth-order valence-electron chi connectivity index (χ4n) is 3.09. The third-order valence-corrected chi connectivity index (χ3v) is 4.55. The summed E-state index contributed by atoms with van der Waals surface area (Å²) < 4.78 is 41.1. The molecule has 0 radical (unpaired) electrons. The van der Waals surface area contributed by atoms with Gasteiger partial charge in [-0.2, -0.15) is 23.0 Å². The van der Waals surface area contributed by atoms with Crippen LogP contribution in [0.1, 0.15) is 27.6 Å². The molecule has 0 saturated carbocycles. The van der Waals surface area contributed by atoms with Crippen LogP contribution in [0.5, 0.6) is 0 Å². The summed E-state index contributed by atoms with van der Waals surface area (Å²) in [7, 11) is 0. The zero-order valence-electron chi connectivity index (χ0n) is 16.7. The number of carbonyl (C=O) groups excluding carboxylic acids is 1. The molecule has 4 aromatic rings. The summed E-state index contributed by atoms with van der Waals surface area (Å²) in [6, 6.07) is 14.6. The van der Waals surface area contributed by atoms with E-state index in [0.29, 0.717) is 34.0 Å². The maximum Gasteiger partial charge on any atom is 0.453 e. The van der Waals surface area contributed by atoms with Crippen molar-refractivity contribution in [2.45, 2.75) is 19.6 Å². The Morgan fingerprint density at radius 2 is 1.81 bits per heavy atom. The van der Waals surface area contributed by atoms with E-state index in [-0.39, 0.29) is 5.69 Å². The van der Waals surface area contributed by atoms with E-state index < -0.39 is 17.9 Å². The predicted octanol–water partition coefficient (Wildman–Crippen LogP) is 2.89. The van der Waals surface area contributed by atoms with Gasteiger partial charge in [0.25, 0.3) is 11.7 Å². The van der Waals surface area contributed by atoms with Gasteiger partial charge in [-0.05, 0) is 65.4 Å². The highest BCUT2D eigenvalue weighted by atomic mass is 19.4. The molecule has 0 aliphatic rings. The lowest BCUT2D eigenvalue weighted by atomic mass is 10.2. The number of hydrogen-bond donors (Lipinski definition) is 2. The number of nitrogens with two attached hydrogens (primary N) is 1. The SMILES string of the molecule is Cc1cc(C(=O)Nc2ccc(-n3nnnc3C(F)(F)F)cc2)n(-c2cccc(CN)c2)n1. The monoisotopic (exact) mass is 442 g/mol. The van der Waals surface area contributed by atoms with Crippen molar-refractivity contribution in [2.75, 3.05) is 5.32 Å². The third-order valence-electron chi connectivity index (χ3n) is 4.55. The summed E-state index contributed by atoms with van der Waals surface area (Å²) in [5, 5.41) is 16.6. The number of nitrogens with one attached hydrogen (secondary N) is 1. The van der Waals surface area contributed by atoms with Gasteiger partial charge in [0, 0.05) is 12.2 Å². The van der Waals surface area contributed by atoms with E-state index >= 15 is 0 Å². The number of carbonyl (C=O) groups is 1. The molecule has 3 N–H and O–H groups in total. The molecule has 9 nitrogen and oxygen atoms in total. The molecule has 0 aliphatic heterocycles. The van der Waals surface area contributed by atoms with Gasteiger partial charge in [-0.1, -0.05) is 12.1 Å². The molecule has 0 fully saturated rings. The smallest absolute Gasteiger partial charge is 0.326 e. The third kappa shape index (κ3) is 4.21. The lowest BCUT2D eigenvalue weighted by Gasteiger charge is -2.10. The highest BCUT2D eigenvalue weighted by Gasteiger charge is 2.38. The van der Waals surface area contributed by atoms with Crippen LogP contribution in [-0.2, 0) is 12.7 Å². The van der Waals surface area contributed by atoms with E-state index in [1.807, 2.05) is 24.3 Å². The van der Waals surface area contributed by atoms with Gasteiger partial charge in [0.2, 0.25) is 0 Å². The average molecular weight is 442 g/mol. The molecule has 1 amide bonds. The van der Waals surface area contributed by atoms with Crippen molar-refractivity contribution in [3.05, 3.63) is 77.4 Å². The minimum absolute atomic E-state index is 0.0970. The van der Waals surface area contributed by atoms with Gasteiger partial charge in [0.05, 0.1) is 17.1 Å². The number of aromatic nitrogens is 6. The van der Waals surface area contributed by atoms with Crippen molar-refractivity contribution in [1.29, 1.82) is 0 Å². The van der Waals surface area contributed by atoms with Crippen molar-refractivity contribution >= 4 is 11.6 Å². The zero-order chi connectivity index (χ0) is 22.9. The minimum atomic E-state index is -4.70. The first-order chi connectivity index (χ1) is 15.3. The Labute approximate surface area is 179 Å². The quantitative estimate of drug-likeness (QED) is 0.491. The number of rotatable bonds is 5. The van der Waals surface area contributed by atoms with E-state index in [4.69, 9.17) is 5.73 Å². The second-order valence-electron chi connectivity index (χ2n) is 6.87. The molecular weight excluding hydrogens is 425 g/mol. The molecule has 0 unspecified atom stereocenters. The van der Waals surface area contributed by atoms with Crippen LogP contribution in [0.4, 0.5) is 18.9 Å². The normalized spacial score (nSPS) is 11.5. The number of amides is 1. The van der Waals surface area contributed by atoms with E-state index in [2.05, 4.69) is 25.9 Å². The summed E-state index contributed by atoms with van der Waals surface area (Å²) in [5.74, 6) is -1.68. The van der Waals surface area contributed by atoms with Gasteiger partial charge in [-0.15, -0.1) is 5.10 Å². The molecule has 12 heteroatoms.